The molecule has 1 saturated carbocycles. The fourth-order valence-corrected chi connectivity index (χ4v) is 2.25. The number of hydrogen-bond donors (Lipinski definition) is 1. The van der Waals surface area contributed by atoms with E-state index in [1.807, 2.05) is 6.07 Å². The molecule has 1 aromatic carbocycles. The molecule has 0 spiro atoms. The molecule has 0 unspecified atom stereocenters. The number of carbonyl (C=O) groups is 1. The van der Waals surface area contributed by atoms with E-state index in [4.69, 9.17) is 21.4 Å². The third-order valence-electron chi connectivity index (χ3n) is 3.08. The molecule has 2 rings (SSSR count). The first kappa shape index (κ1) is 11.3. The molecule has 0 aromatic heterocycles. The van der Waals surface area contributed by atoms with Crippen LogP contribution in [0.5, 0.6) is 5.75 Å². The van der Waals surface area contributed by atoms with Crippen LogP contribution in [0.25, 0.3) is 0 Å². The second-order valence-corrected chi connectivity index (χ2v) is 4.63. The van der Waals surface area contributed by atoms with Gasteiger partial charge < -0.3 is 9.84 Å². The molecule has 1 aliphatic carbocycles. The van der Waals surface area contributed by atoms with Crippen molar-refractivity contribution in [1.29, 1.82) is 0 Å². The number of benzene rings is 1. The molecule has 0 heterocycles. The quantitative estimate of drug-likeness (QED) is 0.880. The average Bonchev–Trinajstić information content (AvgIpc) is 2.98. The summed E-state index contributed by atoms with van der Waals surface area (Å²) >= 11 is 5.94. The van der Waals surface area contributed by atoms with E-state index in [2.05, 4.69) is 0 Å². The molecule has 0 bridgehead atoms. The van der Waals surface area contributed by atoms with Gasteiger partial charge in [-0.3, -0.25) is 4.79 Å². The van der Waals surface area contributed by atoms with Crippen molar-refractivity contribution in [3.63, 3.8) is 0 Å². The predicted molar refractivity (Wildman–Crippen MR) is 61.2 cm³/mol. The Hall–Kier alpha value is -1.22. The van der Waals surface area contributed by atoms with Gasteiger partial charge in [-0.2, -0.15) is 0 Å². The lowest BCUT2D eigenvalue weighted by Crippen LogP contribution is -2.14. The van der Waals surface area contributed by atoms with Crippen LogP contribution in [0, 0.1) is 0 Å². The number of hydrogen-bond acceptors (Lipinski definition) is 2. The van der Waals surface area contributed by atoms with E-state index in [1.165, 1.54) is 0 Å². The van der Waals surface area contributed by atoms with Gasteiger partial charge in [0.25, 0.3) is 0 Å². The van der Waals surface area contributed by atoms with Gasteiger partial charge in [-0.25, -0.2) is 0 Å². The Morgan fingerprint density at radius 2 is 2.25 bits per heavy atom. The van der Waals surface area contributed by atoms with Crippen LogP contribution in [0.1, 0.15) is 24.8 Å². The van der Waals surface area contributed by atoms with Gasteiger partial charge >= 0.3 is 5.97 Å². The third-order valence-corrected chi connectivity index (χ3v) is 3.31. The van der Waals surface area contributed by atoms with Crippen LogP contribution < -0.4 is 4.74 Å². The SMILES string of the molecule is COc1ccc(Cl)cc1C1(CC(=O)O)CC1. The van der Waals surface area contributed by atoms with Gasteiger partial charge in [0.2, 0.25) is 0 Å². The van der Waals surface area contributed by atoms with Crippen molar-refractivity contribution in [2.45, 2.75) is 24.7 Å². The molecule has 0 amide bonds. The summed E-state index contributed by atoms with van der Waals surface area (Å²) in [7, 11) is 1.59. The van der Waals surface area contributed by atoms with Gasteiger partial charge in [-0.1, -0.05) is 11.6 Å². The molecule has 1 aromatic rings. The number of methoxy groups -OCH3 is 1. The van der Waals surface area contributed by atoms with E-state index in [-0.39, 0.29) is 11.8 Å². The molecule has 0 radical (unpaired) electrons. The molecule has 0 saturated heterocycles. The van der Waals surface area contributed by atoms with E-state index in [0.29, 0.717) is 5.02 Å². The maximum Gasteiger partial charge on any atom is 0.304 e. The Morgan fingerprint density at radius 3 is 2.75 bits per heavy atom. The summed E-state index contributed by atoms with van der Waals surface area (Å²) < 4.78 is 5.26. The summed E-state index contributed by atoms with van der Waals surface area (Å²) in [5.74, 6) is -0.0531. The zero-order chi connectivity index (χ0) is 11.8. The highest BCUT2D eigenvalue weighted by molar-refractivity contribution is 6.30. The Kier molecular flexibility index (Phi) is 2.80. The fraction of sp³-hybridized carbons (Fsp3) is 0.417. The lowest BCUT2D eigenvalue weighted by atomic mass is 9.91. The van der Waals surface area contributed by atoms with Gasteiger partial charge in [-0.05, 0) is 31.0 Å². The van der Waals surface area contributed by atoms with Gasteiger partial charge in [0, 0.05) is 16.0 Å². The van der Waals surface area contributed by atoms with Gasteiger partial charge in [-0.15, -0.1) is 0 Å². The zero-order valence-electron chi connectivity index (χ0n) is 9.00. The monoisotopic (exact) mass is 240 g/mol. The van der Waals surface area contributed by atoms with Crippen LogP contribution in [-0.2, 0) is 10.2 Å². The van der Waals surface area contributed by atoms with Crippen molar-refractivity contribution in [2.75, 3.05) is 7.11 Å². The highest BCUT2D eigenvalue weighted by Crippen LogP contribution is 2.54. The lowest BCUT2D eigenvalue weighted by Gasteiger charge is -2.17. The Balaban J connectivity index is 2.38. The fourth-order valence-electron chi connectivity index (χ4n) is 2.08. The number of carboxylic acid groups (broad SMARTS) is 1. The van der Waals surface area contributed by atoms with Gasteiger partial charge in [0.15, 0.2) is 0 Å². The summed E-state index contributed by atoms with van der Waals surface area (Å²) in [6.45, 7) is 0. The summed E-state index contributed by atoms with van der Waals surface area (Å²) in [5, 5.41) is 9.53. The Labute approximate surface area is 99.0 Å². The van der Waals surface area contributed by atoms with Crippen molar-refractivity contribution >= 4 is 17.6 Å². The maximum atomic E-state index is 10.8. The predicted octanol–water partition coefficient (Wildman–Crippen LogP) is 2.85. The Morgan fingerprint density at radius 1 is 1.56 bits per heavy atom. The van der Waals surface area contributed by atoms with Crippen molar-refractivity contribution in [3.05, 3.63) is 28.8 Å². The molecular weight excluding hydrogens is 228 g/mol. The molecule has 3 nitrogen and oxygen atoms in total. The molecule has 1 aliphatic rings. The van der Waals surface area contributed by atoms with Crippen molar-refractivity contribution in [2.24, 2.45) is 0 Å². The second kappa shape index (κ2) is 3.98. The van der Waals surface area contributed by atoms with E-state index < -0.39 is 5.97 Å². The minimum atomic E-state index is -0.778. The first-order chi connectivity index (χ1) is 7.57. The van der Waals surface area contributed by atoms with Gasteiger partial charge in [0.05, 0.1) is 13.5 Å². The summed E-state index contributed by atoms with van der Waals surface area (Å²) in [5.41, 5.74) is 0.659. The molecule has 0 aliphatic heterocycles. The topological polar surface area (TPSA) is 46.5 Å². The second-order valence-electron chi connectivity index (χ2n) is 4.20. The molecular formula is C12H13ClO3. The largest absolute Gasteiger partial charge is 0.496 e. The van der Waals surface area contributed by atoms with Crippen LogP contribution in [0.2, 0.25) is 5.02 Å². The highest BCUT2D eigenvalue weighted by Gasteiger charge is 2.47. The number of halogens is 1. The van der Waals surface area contributed by atoms with Crippen LogP contribution in [0.4, 0.5) is 0 Å². The minimum Gasteiger partial charge on any atom is -0.496 e. The maximum absolute atomic E-state index is 10.8. The van der Waals surface area contributed by atoms with Crippen LogP contribution in [0.15, 0.2) is 18.2 Å². The highest BCUT2D eigenvalue weighted by atomic mass is 35.5. The summed E-state index contributed by atoms with van der Waals surface area (Å²) in [4.78, 5) is 10.8. The van der Waals surface area contributed by atoms with Crippen molar-refractivity contribution < 1.29 is 14.6 Å². The van der Waals surface area contributed by atoms with E-state index in [0.717, 1.165) is 24.2 Å². The molecule has 0 atom stereocenters. The first-order valence-electron chi connectivity index (χ1n) is 5.13. The zero-order valence-corrected chi connectivity index (χ0v) is 9.75. The molecule has 4 heteroatoms. The minimum absolute atomic E-state index is 0.143. The third kappa shape index (κ3) is 2.00. The van der Waals surface area contributed by atoms with Crippen LogP contribution in [0.3, 0.4) is 0 Å². The molecule has 16 heavy (non-hydrogen) atoms. The van der Waals surface area contributed by atoms with Crippen LogP contribution >= 0.6 is 11.6 Å². The van der Waals surface area contributed by atoms with Crippen molar-refractivity contribution in [1.82, 2.24) is 0 Å². The lowest BCUT2D eigenvalue weighted by molar-refractivity contribution is -0.137. The smallest absolute Gasteiger partial charge is 0.304 e. The average molecular weight is 241 g/mol. The molecule has 86 valence electrons. The molecule has 1 fully saturated rings. The van der Waals surface area contributed by atoms with E-state index >= 15 is 0 Å². The van der Waals surface area contributed by atoms with E-state index in [1.54, 1.807) is 19.2 Å². The molecule has 1 N–H and O–H groups in total. The standard InChI is InChI=1S/C12H13ClO3/c1-16-10-3-2-8(13)6-9(10)12(4-5-12)7-11(14)15/h2-3,6H,4-5,7H2,1H3,(H,14,15). The van der Waals surface area contributed by atoms with Gasteiger partial charge in [0.1, 0.15) is 5.75 Å². The first-order valence-corrected chi connectivity index (χ1v) is 5.51. The van der Waals surface area contributed by atoms with E-state index in [9.17, 15) is 4.79 Å². The van der Waals surface area contributed by atoms with Crippen molar-refractivity contribution in [3.8, 4) is 5.75 Å². The van der Waals surface area contributed by atoms with Crippen LogP contribution in [-0.4, -0.2) is 18.2 Å². The Bertz CT molecular complexity index is 424. The number of aliphatic carboxylic acids is 1. The normalized spacial score (nSPS) is 16.9. The number of rotatable bonds is 4. The number of carboxylic acids is 1. The summed E-state index contributed by atoms with van der Waals surface area (Å²) in [6.07, 6.45) is 1.91. The summed E-state index contributed by atoms with van der Waals surface area (Å²) in [6, 6.07) is 5.36. The number of ether oxygens (including phenoxy) is 1.